The fourth-order valence-corrected chi connectivity index (χ4v) is 2.66. The fourth-order valence-electron chi connectivity index (χ4n) is 2.66. The van der Waals surface area contributed by atoms with Crippen molar-refractivity contribution in [3.05, 3.63) is 36.0 Å². The predicted octanol–water partition coefficient (Wildman–Crippen LogP) is 4.48. The molecule has 0 bridgehead atoms. The number of hydrogen-bond donors (Lipinski definition) is 0. The Kier molecular flexibility index (Phi) is 6.51. The molecule has 0 unspecified atom stereocenters. The van der Waals surface area contributed by atoms with Crippen LogP contribution < -0.4 is 0 Å². The van der Waals surface area contributed by atoms with Gasteiger partial charge in [-0.25, -0.2) is 4.39 Å². The van der Waals surface area contributed by atoms with Crippen LogP contribution in [0.2, 0.25) is 0 Å². The van der Waals surface area contributed by atoms with Gasteiger partial charge in [0.05, 0.1) is 0 Å². The Morgan fingerprint density at radius 1 is 1.27 bits per heavy atom. The third-order valence-corrected chi connectivity index (χ3v) is 4.26. The van der Waals surface area contributed by atoms with Crippen LogP contribution in [0, 0.1) is 11.2 Å². The second kappa shape index (κ2) is 8.43. The summed E-state index contributed by atoms with van der Waals surface area (Å²) in [5.74, 6) is 0.737. The number of carbonyl (C=O) groups excluding carboxylic acids is 1. The molecule has 1 aromatic heterocycles. The van der Waals surface area contributed by atoms with E-state index in [0.29, 0.717) is 36.7 Å². The molecule has 2 aromatic rings. The molecule has 1 aromatic carbocycles. The molecule has 2 rings (SSSR count). The number of benzene rings is 1. The normalized spacial score (nSPS) is 12.8. The third kappa shape index (κ3) is 5.64. The van der Waals surface area contributed by atoms with Crippen molar-refractivity contribution in [3.63, 3.8) is 0 Å². The fraction of sp³-hybridized carbons (Fsp3) is 0.550. The number of carbonyl (C=O) groups is 1. The quantitative estimate of drug-likeness (QED) is 0.729. The maximum Gasteiger partial charge on any atom is 0.228 e. The first-order chi connectivity index (χ1) is 12.2. The second-order valence-corrected chi connectivity index (χ2v) is 7.85. The topological polar surface area (TPSA) is 59.2 Å². The largest absolute Gasteiger partial charge is 0.339 e. The molecule has 1 atom stereocenters. The molecule has 26 heavy (non-hydrogen) atoms. The van der Waals surface area contributed by atoms with Gasteiger partial charge in [-0.2, -0.15) is 4.98 Å². The maximum absolute atomic E-state index is 13.0. The Bertz CT molecular complexity index is 719. The molecule has 0 saturated heterocycles. The molecule has 0 aliphatic heterocycles. The first kappa shape index (κ1) is 20.1. The summed E-state index contributed by atoms with van der Waals surface area (Å²) in [4.78, 5) is 18.9. The summed E-state index contributed by atoms with van der Waals surface area (Å²) in [6, 6.07) is 6.11. The van der Waals surface area contributed by atoms with E-state index in [-0.39, 0.29) is 23.2 Å². The molecular weight excluding hydrogens is 333 g/mol. The third-order valence-electron chi connectivity index (χ3n) is 4.26. The van der Waals surface area contributed by atoms with Crippen LogP contribution in [0.4, 0.5) is 4.39 Å². The van der Waals surface area contributed by atoms with Gasteiger partial charge in [0.1, 0.15) is 5.82 Å². The van der Waals surface area contributed by atoms with E-state index >= 15 is 0 Å². The van der Waals surface area contributed by atoms with E-state index in [1.807, 2.05) is 4.90 Å². The van der Waals surface area contributed by atoms with Gasteiger partial charge >= 0.3 is 0 Å². The molecule has 142 valence electrons. The van der Waals surface area contributed by atoms with E-state index in [0.717, 1.165) is 6.42 Å². The first-order valence-corrected chi connectivity index (χ1v) is 9.07. The summed E-state index contributed by atoms with van der Waals surface area (Å²) < 4.78 is 18.3. The van der Waals surface area contributed by atoms with E-state index in [1.54, 1.807) is 12.1 Å². The number of amides is 1. The van der Waals surface area contributed by atoms with Crippen LogP contribution in [0.3, 0.4) is 0 Å². The van der Waals surface area contributed by atoms with Crippen molar-refractivity contribution < 1.29 is 13.7 Å². The number of halogens is 1. The Labute approximate surface area is 154 Å². The summed E-state index contributed by atoms with van der Waals surface area (Å²) in [5, 5.41) is 3.95. The Morgan fingerprint density at radius 2 is 1.92 bits per heavy atom. The van der Waals surface area contributed by atoms with Crippen molar-refractivity contribution in [1.29, 1.82) is 0 Å². The van der Waals surface area contributed by atoms with Gasteiger partial charge in [0.2, 0.25) is 17.6 Å². The maximum atomic E-state index is 13.0. The summed E-state index contributed by atoms with van der Waals surface area (Å²) in [6.07, 6.45) is 1.89. The lowest BCUT2D eigenvalue weighted by Crippen LogP contribution is -2.41. The zero-order valence-electron chi connectivity index (χ0n) is 16.3. The van der Waals surface area contributed by atoms with Gasteiger partial charge in [-0.05, 0) is 43.0 Å². The van der Waals surface area contributed by atoms with Crippen LogP contribution in [0.25, 0.3) is 11.4 Å². The molecule has 0 saturated carbocycles. The van der Waals surface area contributed by atoms with Crippen molar-refractivity contribution in [2.75, 3.05) is 6.54 Å². The zero-order chi connectivity index (χ0) is 19.3. The molecule has 0 N–H and O–H groups in total. The molecular formula is C20H28FN3O2. The second-order valence-electron chi connectivity index (χ2n) is 7.85. The highest BCUT2D eigenvalue weighted by Crippen LogP contribution is 2.22. The SMILES string of the molecule is CC[C@@H](C)N(CCc1nc(-c2ccc(F)cc2)no1)C(=O)CC(C)(C)C. The molecule has 6 heteroatoms. The van der Waals surface area contributed by atoms with E-state index in [4.69, 9.17) is 4.52 Å². The first-order valence-electron chi connectivity index (χ1n) is 9.07. The van der Waals surface area contributed by atoms with Gasteiger partial charge in [0.25, 0.3) is 0 Å². The van der Waals surface area contributed by atoms with Crippen molar-refractivity contribution in [1.82, 2.24) is 15.0 Å². The number of rotatable bonds is 7. The monoisotopic (exact) mass is 361 g/mol. The van der Waals surface area contributed by atoms with Gasteiger partial charge in [-0.3, -0.25) is 4.79 Å². The molecule has 0 aliphatic rings. The van der Waals surface area contributed by atoms with E-state index in [1.165, 1.54) is 12.1 Å². The standard InChI is InChI=1S/C20H28FN3O2/c1-6-14(2)24(18(25)13-20(3,4)5)12-11-17-22-19(23-26-17)15-7-9-16(21)10-8-15/h7-10,14H,6,11-13H2,1-5H3/t14-/m1/s1. The summed E-state index contributed by atoms with van der Waals surface area (Å²) in [6.45, 7) is 10.8. The minimum Gasteiger partial charge on any atom is -0.339 e. The molecule has 1 amide bonds. The average Bonchev–Trinajstić information content (AvgIpc) is 3.02. The van der Waals surface area contributed by atoms with Crippen LogP contribution in [-0.4, -0.2) is 33.5 Å². The highest BCUT2D eigenvalue weighted by molar-refractivity contribution is 5.77. The van der Waals surface area contributed by atoms with Crippen molar-refractivity contribution in [2.24, 2.45) is 5.41 Å². The summed E-state index contributed by atoms with van der Waals surface area (Å²) >= 11 is 0. The van der Waals surface area contributed by atoms with Crippen LogP contribution in [-0.2, 0) is 11.2 Å². The van der Waals surface area contributed by atoms with Gasteiger partial charge in [-0.15, -0.1) is 0 Å². The van der Waals surface area contributed by atoms with Crippen molar-refractivity contribution >= 4 is 5.91 Å². The van der Waals surface area contributed by atoms with Crippen molar-refractivity contribution in [3.8, 4) is 11.4 Å². The lowest BCUT2D eigenvalue weighted by molar-refractivity contribution is -0.135. The minimum atomic E-state index is -0.306. The zero-order valence-corrected chi connectivity index (χ0v) is 16.3. The van der Waals surface area contributed by atoms with Crippen LogP contribution in [0.15, 0.2) is 28.8 Å². The Hall–Kier alpha value is -2.24. The van der Waals surface area contributed by atoms with Crippen molar-refractivity contribution in [2.45, 2.75) is 59.9 Å². The molecule has 5 nitrogen and oxygen atoms in total. The highest BCUT2D eigenvalue weighted by atomic mass is 19.1. The molecule has 0 radical (unpaired) electrons. The van der Waals surface area contributed by atoms with Gasteiger partial charge in [0.15, 0.2) is 0 Å². The Balaban J connectivity index is 2.04. The molecule has 0 spiro atoms. The molecule has 1 heterocycles. The van der Waals surface area contributed by atoms with Crippen LogP contribution >= 0.6 is 0 Å². The van der Waals surface area contributed by atoms with E-state index < -0.39 is 0 Å². The summed E-state index contributed by atoms with van der Waals surface area (Å²) in [5.41, 5.74) is 0.646. The summed E-state index contributed by atoms with van der Waals surface area (Å²) in [7, 11) is 0. The average molecular weight is 361 g/mol. The lowest BCUT2D eigenvalue weighted by atomic mass is 9.91. The number of hydrogen-bond acceptors (Lipinski definition) is 4. The molecule has 0 aliphatic carbocycles. The number of nitrogens with zero attached hydrogens (tertiary/aromatic N) is 3. The number of aromatic nitrogens is 2. The lowest BCUT2D eigenvalue weighted by Gasteiger charge is -2.31. The highest BCUT2D eigenvalue weighted by Gasteiger charge is 2.24. The van der Waals surface area contributed by atoms with Gasteiger partial charge < -0.3 is 9.42 Å². The Morgan fingerprint density at radius 3 is 2.50 bits per heavy atom. The minimum absolute atomic E-state index is 0.0525. The van der Waals surface area contributed by atoms with Crippen LogP contribution in [0.1, 0.15) is 53.4 Å². The smallest absolute Gasteiger partial charge is 0.228 e. The predicted molar refractivity (Wildman–Crippen MR) is 98.9 cm³/mol. The van der Waals surface area contributed by atoms with E-state index in [2.05, 4.69) is 44.8 Å². The van der Waals surface area contributed by atoms with Crippen LogP contribution in [0.5, 0.6) is 0 Å². The van der Waals surface area contributed by atoms with Gasteiger partial charge in [-0.1, -0.05) is 32.9 Å². The van der Waals surface area contributed by atoms with Gasteiger partial charge in [0, 0.05) is 31.0 Å². The molecule has 0 fully saturated rings. The van der Waals surface area contributed by atoms with E-state index in [9.17, 15) is 9.18 Å².